The van der Waals surface area contributed by atoms with E-state index >= 15 is 0 Å². The zero-order chi connectivity index (χ0) is 15.6. The Hall–Kier alpha value is -3.03. The van der Waals surface area contributed by atoms with Gasteiger partial charge in [-0.2, -0.15) is 0 Å². The van der Waals surface area contributed by atoms with Crippen molar-refractivity contribution in [1.82, 2.24) is 0 Å². The van der Waals surface area contributed by atoms with E-state index in [4.69, 9.17) is 0 Å². The summed E-state index contributed by atoms with van der Waals surface area (Å²) in [5, 5.41) is 22.2. The van der Waals surface area contributed by atoms with Crippen molar-refractivity contribution >= 4 is 17.3 Å². The Morgan fingerprint density at radius 2 is 1.95 bits per heavy atom. The normalized spacial score (nSPS) is 10.2. The highest BCUT2D eigenvalue weighted by Gasteiger charge is 2.18. The van der Waals surface area contributed by atoms with Crippen LogP contribution in [0.15, 0.2) is 36.4 Å². The van der Waals surface area contributed by atoms with Crippen LogP contribution in [-0.4, -0.2) is 15.9 Å². The molecule has 0 aliphatic carbocycles. The first-order valence-electron chi connectivity index (χ1n) is 5.63. The van der Waals surface area contributed by atoms with Crippen LogP contribution < -0.4 is 5.32 Å². The molecule has 6 nitrogen and oxygen atoms in total. The molecule has 2 aromatic rings. The Kier molecular flexibility index (Phi) is 3.79. The number of aromatic hydroxyl groups is 1. The van der Waals surface area contributed by atoms with E-state index in [0.29, 0.717) is 0 Å². The number of halogens is 2. The van der Waals surface area contributed by atoms with Gasteiger partial charge in [0.2, 0.25) is 0 Å². The van der Waals surface area contributed by atoms with Gasteiger partial charge >= 0.3 is 0 Å². The summed E-state index contributed by atoms with van der Waals surface area (Å²) in [5.41, 5.74) is -1.23. The molecule has 2 aromatic carbocycles. The van der Waals surface area contributed by atoms with E-state index in [-0.39, 0.29) is 11.4 Å². The van der Waals surface area contributed by atoms with Crippen molar-refractivity contribution in [3.8, 4) is 5.75 Å². The first-order chi connectivity index (χ1) is 9.90. The lowest BCUT2D eigenvalue weighted by atomic mass is 10.1. The van der Waals surface area contributed by atoms with Gasteiger partial charge < -0.3 is 10.4 Å². The molecule has 0 saturated heterocycles. The number of nitrogens with zero attached hydrogens (tertiary/aromatic N) is 1. The van der Waals surface area contributed by atoms with Crippen molar-refractivity contribution < 1.29 is 23.6 Å². The second-order valence-corrected chi connectivity index (χ2v) is 4.01. The lowest BCUT2D eigenvalue weighted by Crippen LogP contribution is -2.14. The molecule has 108 valence electrons. The van der Waals surface area contributed by atoms with Crippen LogP contribution in [0.1, 0.15) is 10.4 Å². The maximum absolute atomic E-state index is 13.5. The molecule has 0 fully saturated rings. The Morgan fingerprint density at radius 1 is 1.24 bits per heavy atom. The Morgan fingerprint density at radius 3 is 2.62 bits per heavy atom. The van der Waals surface area contributed by atoms with Crippen LogP contribution in [0, 0.1) is 21.7 Å². The predicted octanol–water partition coefficient (Wildman–Crippen LogP) is 2.83. The summed E-state index contributed by atoms with van der Waals surface area (Å²) < 4.78 is 26.5. The molecule has 21 heavy (non-hydrogen) atoms. The highest BCUT2D eigenvalue weighted by molar-refractivity contribution is 6.05. The average Bonchev–Trinajstić information content (AvgIpc) is 2.43. The van der Waals surface area contributed by atoms with E-state index in [0.717, 1.165) is 36.4 Å². The quantitative estimate of drug-likeness (QED) is 0.517. The van der Waals surface area contributed by atoms with Gasteiger partial charge in [0.25, 0.3) is 11.6 Å². The van der Waals surface area contributed by atoms with Crippen LogP contribution in [0.2, 0.25) is 0 Å². The number of nitro groups is 1. The fourth-order valence-electron chi connectivity index (χ4n) is 1.61. The molecule has 0 unspecified atom stereocenters. The largest absolute Gasteiger partial charge is 0.506 e. The van der Waals surface area contributed by atoms with Crippen LogP contribution in [0.5, 0.6) is 5.75 Å². The van der Waals surface area contributed by atoms with Crippen LogP contribution in [0.3, 0.4) is 0 Å². The first kappa shape index (κ1) is 14.4. The van der Waals surface area contributed by atoms with Gasteiger partial charge in [-0.05, 0) is 18.2 Å². The van der Waals surface area contributed by atoms with Gasteiger partial charge in [-0.25, -0.2) is 8.78 Å². The molecule has 0 aliphatic rings. The molecule has 2 N–H and O–H groups in total. The van der Waals surface area contributed by atoms with Gasteiger partial charge in [-0.1, -0.05) is 6.07 Å². The number of benzene rings is 2. The lowest BCUT2D eigenvalue weighted by molar-refractivity contribution is -0.384. The maximum atomic E-state index is 13.5. The van der Waals surface area contributed by atoms with Crippen LogP contribution in [-0.2, 0) is 0 Å². The van der Waals surface area contributed by atoms with E-state index in [2.05, 4.69) is 5.32 Å². The second-order valence-electron chi connectivity index (χ2n) is 4.01. The number of rotatable bonds is 3. The summed E-state index contributed by atoms with van der Waals surface area (Å²) in [7, 11) is 0. The van der Waals surface area contributed by atoms with Gasteiger partial charge in [0.05, 0.1) is 16.2 Å². The van der Waals surface area contributed by atoms with Crippen molar-refractivity contribution in [3.05, 3.63) is 63.7 Å². The SMILES string of the molecule is O=C(Nc1cc([N+](=O)[O-])ccc1O)c1cccc(F)c1F. The lowest BCUT2D eigenvalue weighted by Gasteiger charge is -2.08. The van der Waals surface area contributed by atoms with E-state index < -0.39 is 33.8 Å². The van der Waals surface area contributed by atoms with Crippen molar-refractivity contribution in [2.24, 2.45) is 0 Å². The predicted molar refractivity (Wildman–Crippen MR) is 69.1 cm³/mol. The molecule has 0 saturated carbocycles. The molecule has 0 aliphatic heterocycles. The standard InChI is InChI=1S/C13H8F2N2O4/c14-9-3-1-2-8(12(9)15)13(19)16-10-6-7(17(20)21)4-5-11(10)18/h1-6,18H,(H,16,19). The van der Waals surface area contributed by atoms with Gasteiger partial charge in [0.15, 0.2) is 11.6 Å². The number of phenolic OH excluding ortho intramolecular Hbond substituents is 1. The fraction of sp³-hybridized carbons (Fsp3) is 0. The molecule has 0 bridgehead atoms. The Balaban J connectivity index is 2.33. The maximum Gasteiger partial charge on any atom is 0.271 e. The molecule has 1 amide bonds. The van der Waals surface area contributed by atoms with Gasteiger partial charge in [-0.15, -0.1) is 0 Å². The number of anilines is 1. The molecule has 0 heterocycles. The Labute approximate surface area is 116 Å². The fourth-order valence-corrected chi connectivity index (χ4v) is 1.61. The van der Waals surface area contributed by atoms with Crippen molar-refractivity contribution in [3.63, 3.8) is 0 Å². The van der Waals surface area contributed by atoms with Crippen LogP contribution in [0.4, 0.5) is 20.2 Å². The summed E-state index contributed by atoms with van der Waals surface area (Å²) >= 11 is 0. The summed E-state index contributed by atoms with van der Waals surface area (Å²) in [5.74, 6) is -4.03. The van der Waals surface area contributed by atoms with Crippen molar-refractivity contribution in [2.45, 2.75) is 0 Å². The molecular weight excluding hydrogens is 286 g/mol. The molecular formula is C13H8F2N2O4. The minimum atomic E-state index is -1.35. The van der Waals surface area contributed by atoms with Crippen molar-refractivity contribution in [1.29, 1.82) is 0 Å². The monoisotopic (exact) mass is 294 g/mol. The number of carbonyl (C=O) groups excluding carboxylic acids is 1. The highest BCUT2D eigenvalue weighted by atomic mass is 19.2. The number of carbonyl (C=O) groups is 1. The number of amides is 1. The smallest absolute Gasteiger partial charge is 0.271 e. The minimum Gasteiger partial charge on any atom is -0.506 e. The zero-order valence-electron chi connectivity index (χ0n) is 10.3. The number of nitro benzene ring substituents is 1. The van der Waals surface area contributed by atoms with Crippen LogP contribution in [0.25, 0.3) is 0 Å². The summed E-state index contributed by atoms with van der Waals surface area (Å²) in [6.07, 6.45) is 0. The topological polar surface area (TPSA) is 92.5 Å². The third kappa shape index (κ3) is 2.94. The van der Waals surface area contributed by atoms with E-state index in [1.54, 1.807) is 0 Å². The van der Waals surface area contributed by atoms with E-state index in [1.807, 2.05) is 0 Å². The highest BCUT2D eigenvalue weighted by Crippen LogP contribution is 2.28. The molecule has 0 radical (unpaired) electrons. The van der Waals surface area contributed by atoms with Gasteiger partial charge in [0.1, 0.15) is 5.75 Å². The first-order valence-corrected chi connectivity index (χ1v) is 5.63. The number of hydrogen-bond donors (Lipinski definition) is 2. The van der Waals surface area contributed by atoms with Crippen molar-refractivity contribution in [2.75, 3.05) is 5.32 Å². The third-order valence-electron chi connectivity index (χ3n) is 2.64. The van der Waals surface area contributed by atoms with E-state index in [9.17, 15) is 28.8 Å². The number of hydrogen-bond acceptors (Lipinski definition) is 4. The summed E-state index contributed by atoms with van der Waals surface area (Å²) in [6.45, 7) is 0. The van der Waals surface area contributed by atoms with E-state index in [1.165, 1.54) is 0 Å². The summed E-state index contributed by atoms with van der Waals surface area (Å²) in [4.78, 5) is 21.7. The Bertz CT molecular complexity index is 734. The number of non-ortho nitro benzene ring substituents is 1. The summed E-state index contributed by atoms with van der Waals surface area (Å²) in [6, 6.07) is 5.98. The molecule has 0 spiro atoms. The third-order valence-corrected chi connectivity index (χ3v) is 2.64. The number of phenols is 1. The zero-order valence-corrected chi connectivity index (χ0v) is 10.3. The van der Waals surface area contributed by atoms with Gasteiger partial charge in [-0.3, -0.25) is 14.9 Å². The average molecular weight is 294 g/mol. The molecule has 0 aromatic heterocycles. The molecule has 2 rings (SSSR count). The second kappa shape index (κ2) is 5.53. The van der Waals surface area contributed by atoms with Gasteiger partial charge in [0, 0.05) is 12.1 Å². The number of nitrogens with one attached hydrogen (secondary N) is 1. The molecule has 8 heteroatoms. The molecule has 0 atom stereocenters. The van der Waals surface area contributed by atoms with Crippen LogP contribution >= 0.6 is 0 Å². The minimum absolute atomic E-state index is 0.280.